The molecule has 7 heteroatoms. The van der Waals surface area contributed by atoms with Gasteiger partial charge in [-0.25, -0.2) is 9.97 Å². The first-order valence-corrected chi connectivity index (χ1v) is 7.69. The summed E-state index contributed by atoms with van der Waals surface area (Å²) < 4.78 is 0. The zero-order valence-electron chi connectivity index (χ0n) is 13.9. The van der Waals surface area contributed by atoms with E-state index in [0.717, 1.165) is 36.7 Å². The van der Waals surface area contributed by atoms with Crippen molar-refractivity contribution in [2.24, 2.45) is 0 Å². The van der Waals surface area contributed by atoms with Crippen molar-refractivity contribution in [2.45, 2.75) is 25.4 Å². The van der Waals surface area contributed by atoms with Gasteiger partial charge in [-0.1, -0.05) is 0 Å². The van der Waals surface area contributed by atoms with Crippen LogP contribution in [0.4, 0.5) is 5.82 Å². The highest BCUT2D eigenvalue weighted by Crippen LogP contribution is 2.30. The van der Waals surface area contributed by atoms with Crippen LogP contribution in [0.2, 0.25) is 0 Å². The topological polar surface area (TPSA) is 73.4 Å². The molecule has 2 N–H and O–H groups in total. The van der Waals surface area contributed by atoms with Gasteiger partial charge in [0.05, 0.1) is 18.3 Å². The standard InChI is InChI=1S/C15H26N6O/c1-16-9-11-8-13(17-2)19-15(18-11)12-6-5-7-21(12)10-14(22)20(3)4/h8,12,16H,5-7,9-10H2,1-4H3,(H,17,18,19)/t12-/m1/s1. The Hall–Kier alpha value is -1.73. The van der Waals surface area contributed by atoms with Gasteiger partial charge >= 0.3 is 0 Å². The highest BCUT2D eigenvalue weighted by Gasteiger charge is 2.30. The normalized spacial score (nSPS) is 18.5. The van der Waals surface area contributed by atoms with Crippen LogP contribution in [-0.2, 0) is 11.3 Å². The second-order valence-corrected chi connectivity index (χ2v) is 5.80. The summed E-state index contributed by atoms with van der Waals surface area (Å²) in [6, 6.07) is 2.07. The lowest BCUT2D eigenvalue weighted by atomic mass is 10.2. The number of anilines is 1. The van der Waals surface area contributed by atoms with Gasteiger partial charge in [-0.3, -0.25) is 9.69 Å². The van der Waals surface area contributed by atoms with Gasteiger partial charge < -0.3 is 15.5 Å². The predicted molar refractivity (Wildman–Crippen MR) is 86.6 cm³/mol. The molecule has 122 valence electrons. The van der Waals surface area contributed by atoms with E-state index in [1.807, 2.05) is 20.2 Å². The van der Waals surface area contributed by atoms with Crippen molar-refractivity contribution >= 4 is 11.7 Å². The van der Waals surface area contributed by atoms with Crippen LogP contribution in [0.15, 0.2) is 6.07 Å². The van der Waals surface area contributed by atoms with Crippen LogP contribution in [0.5, 0.6) is 0 Å². The van der Waals surface area contributed by atoms with E-state index in [1.165, 1.54) is 0 Å². The predicted octanol–water partition coefficient (Wildman–Crippen LogP) is 0.463. The first-order valence-electron chi connectivity index (χ1n) is 7.69. The molecule has 1 aromatic heterocycles. The minimum absolute atomic E-state index is 0.118. The molecule has 1 atom stereocenters. The van der Waals surface area contributed by atoms with Crippen LogP contribution in [0.25, 0.3) is 0 Å². The molecule has 1 aliphatic rings. The molecule has 0 bridgehead atoms. The summed E-state index contributed by atoms with van der Waals surface area (Å²) in [6.45, 7) is 2.04. The molecule has 1 fully saturated rings. The molecule has 2 heterocycles. The Morgan fingerprint density at radius 2 is 2.18 bits per heavy atom. The fourth-order valence-corrected chi connectivity index (χ4v) is 2.69. The maximum Gasteiger partial charge on any atom is 0.236 e. The number of carbonyl (C=O) groups is 1. The largest absolute Gasteiger partial charge is 0.373 e. The summed E-state index contributed by atoms with van der Waals surface area (Å²) in [6.07, 6.45) is 2.06. The molecule has 0 radical (unpaired) electrons. The Kier molecular flexibility index (Phi) is 5.68. The molecule has 1 amide bonds. The molecular formula is C15H26N6O. The quantitative estimate of drug-likeness (QED) is 0.795. The lowest BCUT2D eigenvalue weighted by molar-refractivity contribution is -0.130. The van der Waals surface area contributed by atoms with Gasteiger partial charge in [0.15, 0.2) is 0 Å². The fraction of sp³-hybridized carbons (Fsp3) is 0.667. The smallest absolute Gasteiger partial charge is 0.236 e. The lowest BCUT2D eigenvalue weighted by Gasteiger charge is -2.24. The second kappa shape index (κ2) is 7.51. The minimum Gasteiger partial charge on any atom is -0.373 e. The molecule has 0 aliphatic carbocycles. The van der Waals surface area contributed by atoms with Crippen molar-refractivity contribution in [2.75, 3.05) is 46.6 Å². The monoisotopic (exact) mass is 306 g/mol. The van der Waals surface area contributed by atoms with Crippen LogP contribution in [-0.4, -0.2) is 67.0 Å². The number of likely N-dealkylation sites (N-methyl/N-ethyl adjacent to an activating group) is 1. The molecule has 2 rings (SSSR count). The molecule has 0 spiro atoms. The van der Waals surface area contributed by atoms with Gasteiger partial charge in [0.2, 0.25) is 5.91 Å². The Morgan fingerprint density at radius 1 is 1.41 bits per heavy atom. The molecule has 22 heavy (non-hydrogen) atoms. The first-order chi connectivity index (χ1) is 10.5. The molecule has 1 aromatic rings. The van der Waals surface area contributed by atoms with Crippen molar-refractivity contribution in [1.82, 2.24) is 25.1 Å². The Morgan fingerprint density at radius 3 is 2.82 bits per heavy atom. The molecule has 0 aromatic carbocycles. The maximum atomic E-state index is 12.0. The third kappa shape index (κ3) is 3.92. The van der Waals surface area contributed by atoms with Gasteiger partial charge in [0, 0.05) is 33.8 Å². The number of nitrogens with one attached hydrogen (secondary N) is 2. The van der Waals surface area contributed by atoms with Crippen LogP contribution >= 0.6 is 0 Å². The highest BCUT2D eigenvalue weighted by molar-refractivity contribution is 5.77. The molecule has 0 unspecified atom stereocenters. The number of likely N-dealkylation sites (tertiary alicyclic amines) is 1. The van der Waals surface area contributed by atoms with Crippen molar-refractivity contribution in [1.29, 1.82) is 0 Å². The number of carbonyl (C=O) groups excluding carboxylic acids is 1. The van der Waals surface area contributed by atoms with Gasteiger partial charge in [0.1, 0.15) is 11.6 Å². The minimum atomic E-state index is 0.118. The van der Waals surface area contributed by atoms with Gasteiger partial charge in [-0.05, 0) is 26.4 Å². The van der Waals surface area contributed by atoms with Crippen LogP contribution in [0.3, 0.4) is 0 Å². The summed E-state index contributed by atoms with van der Waals surface area (Å²) in [4.78, 5) is 25.1. The van der Waals surface area contributed by atoms with Gasteiger partial charge in [-0.2, -0.15) is 0 Å². The maximum absolute atomic E-state index is 12.0. The van der Waals surface area contributed by atoms with E-state index in [9.17, 15) is 4.79 Å². The Labute approximate surface area is 132 Å². The van der Waals surface area contributed by atoms with Crippen LogP contribution < -0.4 is 10.6 Å². The first kappa shape index (κ1) is 16.6. The molecule has 1 aliphatic heterocycles. The number of hydrogen-bond donors (Lipinski definition) is 2. The lowest BCUT2D eigenvalue weighted by Crippen LogP contribution is -2.36. The number of aromatic nitrogens is 2. The Balaban J connectivity index is 2.21. The number of hydrogen-bond acceptors (Lipinski definition) is 6. The van der Waals surface area contributed by atoms with E-state index in [0.29, 0.717) is 13.1 Å². The zero-order valence-corrected chi connectivity index (χ0v) is 13.9. The van der Waals surface area contributed by atoms with Crippen LogP contribution in [0, 0.1) is 0 Å². The number of nitrogens with zero attached hydrogens (tertiary/aromatic N) is 4. The average Bonchev–Trinajstić information content (AvgIpc) is 2.95. The van der Waals surface area contributed by atoms with Crippen molar-refractivity contribution < 1.29 is 4.79 Å². The van der Waals surface area contributed by atoms with Gasteiger partial charge in [-0.15, -0.1) is 0 Å². The van der Waals surface area contributed by atoms with Gasteiger partial charge in [0.25, 0.3) is 0 Å². The number of amides is 1. The third-order valence-corrected chi connectivity index (χ3v) is 3.91. The molecular weight excluding hydrogens is 280 g/mol. The summed E-state index contributed by atoms with van der Waals surface area (Å²) in [5.41, 5.74) is 0.961. The summed E-state index contributed by atoms with van der Waals surface area (Å²) in [5, 5.41) is 6.21. The van der Waals surface area contributed by atoms with Crippen molar-refractivity contribution in [3.8, 4) is 0 Å². The van der Waals surface area contributed by atoms with E-state index in [4.69, 9.17) is 0 Å². The fourth-order valence-electron chi connectivity index (χ4n) is 2.69. The number of rotatable bonds is 6. The van der Waals surface area contributed by atoms with Crippen molar-refractivity contribution in [3.63, 3.8) is 0 Å². The molecule has 7 nitrogen and oxygen atoms in total. The SMILES string of the molecule is CNCc1cc(NC)nc([C@H]2CCCN2CC(=O)N(C)C)n1. The Bertz CT molecular complexity index is 519. The van der Waals surface area contributed by atoms with Crippen LogP contribution in [0.1, 0.15) is 30.4 Å². The second-order valence-electron chi connectivity index (χ2n) is 5.80. The van der Waals surface area contributed by atoms with E-state index in [1.54, 1.807) is 19.0 Å². The third-order valence-electron chi connectivity index (χ3n) is 3.91. The zero-order chi connectivity index (χ0) is 16.1. The molecule has 0 saturated carbocycles. The van der Waals surface area contributed by atoms with E-state index < -0.39 is 0 Å². The van der Waals surface area contributed by atoms with E-state index in [2.05, 4.69) is 25.5 Å². The van der Waals surface area contributed by atoms with Crippen molar-refractivity contribution in [3.05, 3.63) is 17.6 Å². The average molecular weight is 306 g/mol. The van der Waals surface area contributed by atoms with E-state index >= 15 is 0 Å². The van der Waals surface area contributed by atoms with E-state index in [-0.39, 0.29) is 11.9 Å². The summed E-state index contributed by atoms with van der Waals surface area (Å²) in [5.74, 6) is 1.74. The highest BCUT2D eigenvalue weighted by atomic mass is 16.2. The summed E-state index contributed by atoms with van der Waals surface area (Å²) >= 11 is 0. The molecule has 1 saturated heterocycles. The summed E-state index contributed by atoms with van der Waals surface area (Å²) in [7, 11) is 7.34.